The summed E-state index contributed by atoms with van der Waals surface area (Å²) in [5.74, 6) is 0.505. The number of morpholine rings is 1. The molecule has 2 aromatic rings. The molecule has 1 saturated heterocycles. The van der Waals surface area contributed by atoms with Crippen LogP contribution >= 0.6 is 11.6 Å². The smallest absolute Gasteiger partial charge is 0.269 e. The van der Waals surface area contributed by atoms with Gasteiger partial charge in [0.1, 0.15) is 6.61 Å². The predicted octanol–water partition coefficient (Wildman–Crippen LogP) is 2.62. The monoisotopic (exact) mass is 462 g/mol. The van der Waals surface area contributed by atoms with Crippen molar-refractivity contribution in [2.24, 2.45) is 5.10 Å². The molecule has 0 radical (unpaired) electrons. The summed E-state index contributed by atoms with van der Waals surface area (Å²) in [6.07, 6.45) is 1.46. The molecule has 0 bridgehead atoms. The molecule has 32 heavy (non-hydrogen) atoms. The van der Waals surface area contributed by atoms with Crippen LogP contribution in [0, 0.1) is 10.1 Å². The zero-order chi connectivity index (χ0) is 22.9. The molecule has 0 unspecified atom stereocenters. The third kappa shape index (κ3) is 6.64. The summed E-state index contributed by atoms with van der Waals surface area (Å²) in [4.78, 5) is 24.3. The van der Waals surface area contributed by atoms with Crippen molar-refractivity contribution < 1.29 is 23.9 Å². The van der Waals surface area contributed by atoms with Gasteiger partial charge in [-0.25, -0.2) is 5.43 Å². The fraction of sp³-hybridized carbons (Fsp3) is 0.333. The van der Waals surface area contributed by atoms with Gasteiger partial charge in [0.05, 0.1) is 43.0 Å². The number of rotatable bonds is 9. The normalized spacial score (nSPS) is 14.3. The molecule has 1 N–H and O–H groups in total. The lowest BCUT2D eigenvalue weighted by molar-refractivity contribution is -0.384. The lowest BCUT2D eigenvalue weighted by atomic mass is 10.2. The molecule has 0 aromatic heterocycles. The van der Waals surface area contributed by atoms with Crippen LogP contribution in [0.5, 0.6) is 11.5 Å². The Balaban J connectivity index is 1.59. The van der Waals surface area contributed by atoms with E-state index >= 15 is 0 Å². The maximum atomic E-state index is 12.0. The third-order valence-corrected chi connectivity index (χ3v) is 4.94. The standard InChI is InChI=1S/C21H23ClN4O6/c1-30-19-11-16(12-23-24-20(27)13-25-6-8-31-9-7-25)10-18(22)21(19)32-14-15-2-4-17(5-3-15)26(28)29/h2-5,10-12H,6-9,13-14H2,1H3,(H,24,27)/b23-12+. The SMILES string of the molecule is COc1cc(/C=N/NC(=O)CN2CCOCC2)cc(Cl)c1OCc1ccc([N+](=O)[O-])cc1. The molecule has 0 saturated carbocycles. The minimum absolute atomic E-state index is 0.00467. The lowest BCUT2D eigenvalue weighted by Gasteiger charge is -2.25. The summed E-state index contributed by atoms with van der Waals surface area (Å²) in [5, 5.41) is 15.0. The number of non-ortho nitro benzene ring substituents is 1. The fourth-order valence-electron chi connectivity index (χ4n) is 3.00. The number of hydrogen-bond donors (Lipinski definition) is 1. The molecule has 11 heteroatoms. The molecule has 0 aliphatic carbocycles. The lowest BCUT2D eigenvalue weighted by Crippen LogP contribution is -2.42. The summed E-state index contributed by atoms with van der Waals surface area (Å²) in [5.41, 5.74) is 3.85. The van der Waals surface area contributed by atoms with Gasteiger partial charge in [-0.15, -0.1) is 0 Å². The highest BCUT2D eigenvalue weighted by atomic mass is 35.5. The molecule has 0 atom stereocenters. The van der Waals surface area contributed by atoms with E-state index in [-0.39, 0.29) is 24.7 Å². The minimum atomic E-state index is -0.462. The number of halogens is 1. The highest BCUT2D eigenvalue weighted by molar-refractivity contribution is 6.32. The van der Waals surface area contributed by atoms with Crippen LogP contribution in [0.25, 0.3) is 0 Å². The quantitative estimate of drug-likeness (QED) is 0.346. The first kappa shape index (κ1) is 23.5. The molecule has 1 fully saturated rings. The van der Waals surface area contributed by atoms with Crippen molar-refractivity contribution in [1.29, 1.82) is 0 Å². The van der Waals surface area contributed by atoms with E-state index in [9.17, 15) is 14.9 Å². The number of nitro benzene ring substituents is 1. The number of nitrogens with zero attached hydrogens (tertiary/aromatic N) is 3. The van der Waals surface area contributed by atoms with Crippen molar-refractivity contribution in [1.82, 2.24) is 10.3 Å². The largest absolute Gasteiger partial charge is 0.493 e. The van der Waals surface area contributed by atoms with E-state index < -0.39 is 4.92 Å². The third-order valence-electron chi connectivity index (χ3n) is 4.66. The number of methoxy groups -OCH3 is 1. The second-order valence-electron chi connectivity index (χ2n) is 6.93. The van der Waals surface area contributed by atoms with Crippen LogP contribution in [-0.4, -0.2) is 61.9 Å². The predicted molar refractivity (Wildman–Crippen MR) is 118 cm³/mol. The van der Waals surface area contributed by atoms with Crippen LogP contribution in [0.1, 0.15) is 11.1 Å². The molecule has 2 aromatic carbocycles. The van der Waals surface area contributed by atoms with Gasteiger partial charge in [-0.05, 0) is 35.4 Å². The summed E-state index contributed by atoms with van der Waals surface area (Å²) < 4.78 is 16.4. The second-order valence-corrected chi connectivity index (χ2v) is 7.34. The first-order valence-corrected chi connectivity index (χ1v) is 10.2. The van der Waals surface area contributed by atoms with E-state index in [4.69, 9.17) is 25.8 Å². The van der Waals surface area contributed by atoms with Crippen LogP contribution in [0.2, 0.25) is 5.02 Å². The van der Waals surface area contributed by atoms with Crippen LogP contribution in [0.4, 0.5) is 5.69 Å². The van der Waals surface area contributed by atoms with Crippen molar-refractivity contribution in [3.8, 4) is 11.5 Å². The van der Waals surface area contributed by atoms with Gasteiger partial charge in [0.25, 0.3) is 11.6 Å². The Morgan fingerprint density at radius 2 is 2.03 bits per heavy atom. The van der Waals surface area contributed by atoms with Gasteiger partial charge in [0, 0.05) is 25.2 Å². The van der Waals surface area contributed by atoms with Crippen LogP contribution < -0.4 is 14.9 Å². The van der Waals surface area contributed by atoms with Gasteiger partial charge in [0.15, 0.2) is 11.5 Å². The van der Waals surface area contributed by atoms with Gasteiger partial charge >= 0.3 is 0 Å². The van der Waals surface area contributed by atoms with E-state index in [0.717, 1.165) is 5.56 Å². The number of carbonyl (C=O) groups is 1. The van der Waals surface area contributed by atoms with Gasteiger partial charge in [-0.2, -0.15) is 5.10 Å². The second kappa shape index (κ2) is 11.4. The van der Waals surface area contributed by atoms with Gasteiger partial charge < -0.3 is 14.2 Å². The first-order chi connectivity index (χ1) is 15.5. The topological polar surface area (TPSA) is 116 Å². The Morgan fingerprint density at radius 1 is 1.31 bits per heavy atom. The molecule has 10 nitrogen and oxygen atoms in total. The number of amides is 1. The Hall–Kier alpha value is -3.21. The van der Waals surface area contributed by atoms with Crippen molar-refractivity contribution in [3.63, 3.8) is 0 Å². The van der Waals surface area contributed by atoms with Crippen LogP contribution in [0.15, 0.2) is 41.5 Å². The van der Waals surface area contributed by atoms with Crippen molar-refractivity contribution >= 4 is 29.4 Å². The summed E-state index contributed by atoms with van der Waals surface area (Å²) in [6, 6.07) is 9.34. The summed E-state index contributed by atoms with van der Waals surface area (Å²) in [7, 11) is 1.48. The van der Waals surface area contributed by atoms with Crippen molar-refractivity contribution in [2.75, 3.05) is 40.0 Å². The molecule has 3 rings (SSSR count). The minimum Gasteiger partial charge on any atom is -0.493 e. The highest BCUT2D eigenvalue weighted by Gasteiger charge is 2.14. The number of hydrogen-bond acceptors (Lipinski definition) is 8. The van der Waals surface area contributed by atoms with Gasteiger partial charge in [-0.3, -0.25) is 19.8 Å². The van der Waals surface area contributed by atoms with E-state index in [1.54, 1.807) is 24.3 Å². The number of ether oxygens (including phenoxy) is 3. The average Bonchev–Trinajstić information content (AvgIpc) is 2.79. The van der Waals surface area contributed by atoms with E-state index in [1.807, 2.05) is 4.90 Å². The number of hydrazone groups is 1. The molecule has 170 valence electrons. The Bertz CT molecular complexity index is 977. The van der Waals surface area contributed by atoms with E-state index in [0.29, 0.717) is 48.4 Å². The van der Waals surface area contributed by atoms with Crippen molar-refractivity contribution in [2.45, 2.75) is 6.61 Å². The zero-order valence-electron chi connectivity index (χ0n) is 17.5. The van der Waals surface area contributed by atoms with Crippen LogP contribution in [-0.2, 0) is 16.1 Å². The van der Waals surface area contributed by atoms with Crippen molar-refractivity contribution in [3.05, 3.63) is 62.7 Å². The highest BCUT2D eigenvalue weighted by Crippen LogP contribution is 2.36. The van der Waals surface area contributed by atoms with E-state index in [2.05, 4.69) is 10.5 Å². The molecule has 0 spiro atoms. The Kier molecular flexibility index (Phi) is 8.37. The Morgan fingerprint density at radius 3 is 2.69 bits per heavy atom. The van der Waals surface area contributed by atoms with Crippen LogP contribution in [0.3, 0.4) is 0 Å². The molecular weight excluding hydrogens is 440 g/mol. The number of benzene rings is 2. The molecule has 1 aliphatic rings. The average molecular weight is 463 g/mol. The van der Waals surface area contributed by atoms with Gasteiger partial charge in [0.2, 0.25) is 0 Å². The molecule has 1 amide bonds. The van der Waals surface area contributed by atoms with Gasteiger partial charge in [-0.1, -0.05) is 11.6 Å². The molecule has 1 aliphatic heterocycles. The maximum Gasteiger partial charge on any atom is 0.269 e. The Labute approximate surface area is 189 Å². The number of nitro groups is 1. The number of nitrogens with one attached hydrogen (secondary N) is 1. The number of carbonyl (C=O) groups excluding carboxylic acids is 1. The first-order valence-electron chi connectivity index (χ1n) is 9.82. The molecular formula is C21H23ClN4O6. The fourth-order valence-corrected chi connectivity index (χ4v) is 3.27. The maximum absolute atomic E-state index is 12.0. The van der Waals surface area contributed by atoms with E-state index in [1.165, 1.54) is 25.5 Å². The molecule has 1 heterocycles. The zero-order valence-corrected chi connectivity index (χ0v) is 18.2. The summed E-state index contributed by atoms with van der Waals surface area (Å²) in [6.45, 7) is 3.07. The summed E-state index contributed by atoms with van der Waals surface area (Å²) >= 11 is 6.35.